The van der Waals surface area contributed by atoms with Crippen molar-refractivity contribution >= 4 is 17.6 Å². The normalized spacial score (nSPS) is 19.5. The Labute approximate surface area is 209 Å². The van der Waals surface area contributed by atoms with Gasteiger partial charge >= 0.3 is 5.97 Å². The van der Waals surface area contributed by atoms with Crippen molar-refractivity contribution in [3.63, 3.8) is 0 Å². The molecular formula is C27H30F2N4O3. The monoisotopic (exact) mass is 496 g/mol. The Morgan fingerprint density at radius 3 is 2.50 bits per heavy atom. The number of ether oxygens (including phenoxy) is 1. The molecule has 7 nitrogen and oxygen atoms in total. The van der Waals surface area contributed by atoms with Crippen molar-refractivity contribution in [2.45, 2.75) is 51.6 Å². The largest absolute Gasteiger partial charge is 0.469 e. The van der Waals surface area contributed by atoms with Gasteiger partial charge in [-0.15, -0.1) is 0 Å². The predicted molar refractivity (Wildman–Crippen MR) is 132 cm³/mol. The van der Waals surface area contributed by atoms with Crippen molar-refractivity contribution in [1.29, 1.82) is 0 Å². The number of rotatable bonds is 7. The van der Waals surface area contributed by atoms with E-state index in [0.717, 1.165) is 11.1 Å². The number of methoxy groups -OCH3 is 1. The van der Waals surface area contributed by atoms with Crippen LogP contribution in [0, 0.1) is 18.8 Å². The van der Waals surface area contributed by atoms with Crippen LogP contribution in [-0.4, -0.2) is 33.1 Å². The van der Waals surface area contributed by atoms with E-state index in [4.69, 9.17) is 4.74 Å². The number of pyridine rings is 3. The molecule has 3 heterocycles. The lowest BCUT2D eigenvalue weighted by Crippen LogP contribution is -2.36. The fourth-order valence-electron chi connectivity index (χ4n) is 4.77. The molecular weight excluding hydrogens is 466 g/mol. The number of halogens is 2. The van der Waals surface area contributed by atoms with Crippen LogP contribution >= 0.6 is 0 Å². The predicted octanol–water partition coefficient (Wildman–Crippen LogP) is 5.72. The van der Waals surface area contributed by atoms with Gasteiger partial charge in [-0.25, -0.2) is 18.7 Å². The summed E-state index contributed by atoms with van der Waals surface area (Å²) < 4.78 is 30.9. The highest BCUT2D eigenvalue weighted by Gasteiger charge is 2.39. The number of anilines is 2. The fraction of sp³-hybridized carbons (Fsp3) is 0.407. The molecule has 9 heteroatoms. The second kappa shape index (κ2) is 10.7. The summed E-state index contributed by atoms with van der Waals surface area (Å²) in [5.41, 5.74) is 1.64. The number of aromatic nitrogens is 3. The number of nitrogens with zero attached hydrogens (tertiary/aromatic N) is 3. The highest BCUT2D eigenvalue weighted by Crippen LogP contribution is 2.40. The van der Waals surface area contributed by atoms with Gasteiger partial charge < -0.3 is 15.2 Å². The maximum atomic E-state index is 13.0. The second-order valence-corrected chi connectivity index (χ2v) is 9.47. The molecule has 1 atom stereocenters. The molecule has 0 amide bonds. The summed E-state index contributed by atoms with van der Waals surface area (Å²) in [6.07, 6.45) is 3.21. The van der Waals surface area contributed by atoms with E-state index in [0.29, 0.717) is 42.9 Å². The first-order valence-electron chi connectivity index (χ1n) is 11.9. The van der Waals surface area contributed by atoms with Crippen molar-refractivity contribution in [1.82, 2.24) is 15.0 Å². The maximum Gasteiger partial charge on any atom is 0.308 e. The zero-order chi connectivity index (χ0) is 25.9. The number of nitrogens with one attached hydrogen (secondary N) is 1. The lowest BCUT2D eigenvalue weighted by molar-refractivity contribution is -0.148. The van der Waals surface area contributed by atoms with E-state index in [-0.39, 0.29) is 29.2 Å². The molecule has 1 aliphatic carbocycles. The average Bonchev–Trinajstić information content (AvgIpc) is 2.88. The Balaban J connectivity index is 1.50. The first kappa shape index (κ1) is 25.6. The van der Waals surface area contributed by atoms with Crippen molar-refractivity contribution in [2.75, 3.05) is 12.4 Å². The van der Waals surface area contributed by atoms with E-state index >= 15 is 0 Å². The molecule has 36 heavy (non-hydrogen) atoms. The van der Waals surface area contributed by atoms with Gasteiger partial charge in [0.1, 0.15) is 17.2 Å². The van der Waals surface area contributed by atoms with Gasteiger partial charge in [0, 0.05) is 23.5 Å². The molecule has 2 N–H and O–H groups in total. The summed E-state index contributed by atoms with van der Waals surface area (Å²) in [5.74, 6) is 0.444. The van der Waals surface area contributed by atoms with E-state index in [1.807, 2.05) is 19.1 Å². The minimum Gasteiger partial charge on any atom is -0.469 e. The molecule has 1 aliphatic rings. The molecule has 0 aromatic carbocycles. The van der Waals surface area contributed by atoms with Crippen LogP contribution in [0.5, 0.6) is 0 Å². The number of carbonyl (C=O) groups excluding carboxylic acids is 1. The van der Waals surface area contributed by atoms with Gasteiger partial charge in [0.15, 0.2) is 0 Å². The van der Waals surface area contributed by atoms with Gasteiger partial charge in [-0.05, 0) is 87.4 Å². The SMILES string of the molecule is COC(=O)[C@H]1CC[C@H]([C@@](C)(O)c2ccc(-c3cc(C)cc(Nc4cc(C(F)F)ccn4)n3)cn2)CC1. The Hall–Kier alpha value is -3.46. The number of esters is 1. The van der Waals surface area contributed by atoms with Crippen LogP contribution in [0.3, 0.4) is 0 Å². The van der Waals surface area contributed by atoms with Gasteiger partial charge in [0.05, 0.1) is 24.4 Å². The summed E-state index contributed by atoms with van der Waals surface area (Å²) >= 11 is 0. The standard InChI is InChI=1S/C27H30F2N4O3/c1-16-12-21(32-24(13-16)33-23-14-18(25(28)29)10-11-30-23)19-6-9-22(31-15-19)27(2,35)20-7-4-17(5-8-20)26(34)36-3/h6,9-15,17,20,25,35H,4-5,7-8H2,1-3H3,(H,30,32,33)/t17-,20-,27-/m1/s1. The van der Waals surface area contributed by atoms with Crippen LogP contribution in [0.15, 0.2) is 48.8 Å². The summed E-state index contributed by atoms with van der Waals surface area (Å²) in [5, 5.41) is 14.3. The second-order valence-electron chi connectivity index (χ2n) is 9.47. The number of alkyl halides is 2. The van der Waals surface area contributed by atoms with Crippen LogP contribution in [0.2, 0.25) is 0 Å². The zero-order valence-electron chi connectivity index (χ0n) is 20.5. The first-order valence-corrected chi connectivity index (χ1v) is 11.9. The third-order valence-electron chi connectivity index (χ3n) is 6.90. The molecule has 0 radical (unpaired) electrons. The van der Waals surface area contributed by atoms with Crippen molar-refractivity contribution in [3.05, 3.63) is 65.6 Å². The highest BCUT2D eigenvalue weighted by molar-refractivity contribution is 5.72. The number of hydrogen-bond acceptors (Lipinski definition) is 7. The molecule has 3 aromatic rings. The van der Waals surface area contributed by atoms with Gasteiger partial charge in [0.2, 0.25) is 0 Å². The fourth-order valence-corrected chi connectivity index (χ4v) is 4.77. The van der Waals surface area contributed by atoms with Crippen LogP contribution in [0.25, 0.3) is 11.3 Å². The molecule has 3 aromatic heterocycles. The smallest absolute Gasteiger partial charge is 0.308 e. The number of hydrogen-bond donors (Lipinski definition) is 2. The van der Waals surface area contributed by atoms with E-state index in [1.165, 1.54) is 25.4 Å². The molecule has 190 valence electrons. The summed E-state index contributed by atoms with van der Waals surface area (Å²) in [6.45, 7) is 3.68. The molecule has 1 fully saturated rings. The van der Waals surface area contributed by atoms with Gasteiger partial charge in [-0.1, -0.05) is 0 Å². The lowest BCUT2D eigenvalue weighted by atomic mass is 9.73. The molecule has 4 rings (SSSR count). The highest BCUT2D eigenvalue weighted by atomic mass is 19.3. The van der Waals surface area contributed by atoms with E-state index in [1.54, 1.807) is 25.3 Å². The summed E-state index contributed by atoms with van der Waals surface area (Å²) in [4.78, 5) is 25.1. The molecule has 0 saturated heterocycles. The molecule has 0 bridgehead atoms. The summed E-state index contributed by atoms with van der Waals surface area (Å²) in [7, 11) is 1.40. The van der Waals surface area contributed by atoms with Gasteiger partial charge in [-0.3, -0.25) is 9.78 Å². The Morgan fingerprint density at radius 2 is 1.86 bits per heavy atom. The maximum absolute atomic E-state index is 13.0. The minimum absolute atomic E-state index is 0.0128. The lowest BCUT2D eigenvalue weighted by Gasteiger charge is -2.37. The van der Waals surface area contributed by atoms with Crippen LogP contribution < -0.4 is 5.32 Å². The van der Waals surface area contributed by atoms with Crippen molar-refractivity contribution in [2.24, 2.45) is 11.8 Å². The first-order chi connectivity index (χ1) is 17.2. The summed E-state index contributed by atoms with van der Waals surface area (Å²) in [6, 6.07) is 9.93. The number of carbonyl (C=O) groups is 1. The third kappa shape index (κ3) is 5.67. The van der Waals surface area contributed by atoms with Crippen LogP contribution in [0.1, 0.15) is 55.9 Å². The van der Waals surface area contributed by atoms with Gasteiger partial charge in [-0.2, -0.15) is 0 Å². The van der Waals surface area contributed by atoms with Crippen molar-refractivity contribution in [3.8, 4) is 11.3 Å². The number of aryl methyl sites for hydroxylation is 1. The van der Waals surface area contributed by atoms with Crippen LogP contribution in [0.4, 0.5) is 20.4 Å². The molecule has 0 unspecified atom stereocenters. The molecule has 1 saturated carbocycles. The topological polar surface area (TPSA) is 97.2 Å². The Morgan fingerprint density at radius 1 is 1.11 bits per heavy atom. The molecule has 0 spiro atoms. The van der Waals surface area contributed by atoms with E-state index in [2.05, 4.69) is 20.3 Å². The van der Waals surface area contributed by atoms with Gasteiger partial charge in [0.25, 0.3) is 6.43 Å². The van der Waals surface area contributed by atoms with Crippen LogP contribution in [-0.2, 0) is 15.1 Å². The van der Waals surface area contributed by atoms with E-state index in [9.17, 15) is 18.7 Å². The Bertz CT molecular complexity index is 1210. The van der Waals surface area contributed by atoms with Crippen molar-refractivity contribution < 1.29 is 23.4 Å². The average molecular weight is 497 g/mol. The van der Waals surface area contributed by atoms with E-state index < -0.39 is 12.0 Å². The zero-order valence-corrected chi connectivity index (χ0v) is 20.5. The Kier molecular flexibility index (Phi) is 7.59. The number of aliphatic hydroxyl groups is 1. The molecule has 0 aliphatic heterocycles. The minimum atomic E-state index is -2.58. The third-order valence-corrected chi connectivity index (χ3v) is 6.90. The quantitative estimate of drug-likeness (QED) is 0.404.